The molecule has 0 radical (unpaired) electrons. The van der Waals surface area contributed by atoms with Gasteiger partial charge in [0.05, 0.1) is 0 Å². The fourth-order valence-electron chi connectivity index (χ4n) is 2.48. The molecule has 0 aliphatic carbocycles. The third-order valence-corrected chi connectivity index (χ3v) is 4.28. The summed E-state index contributed by atoms with van der Waals surface area (Å²) >= 11 is 3.12. The maximum Gasteiger partial charge on any atom is 0.303 e. The Hall–Kier alpha value is -3.27. The highest BCUT2D eigenvalue weighted by Crippen LogP contribution is 2.33. The van der Waals surface area contributed by atoms with Gasteiger partial charge in [0.1, 0.15) is 5.70 Å². The maximum atomic E-state index is 12.6. The molecule has 1 aromatic heterocycles. The van der Waals surface area contributed by atoms with Crippen molar-refractivity contribution in [2.75, 3.05) is 13.3 Å². The number of furan rings is 1. The lowest BCUT2D eigenvalue weighted by Crippen LogP contribution is -2.35. The van der Waals surface area contributed by atoms with E-state index in [4.69, 9.17) is 19.0 Å². The van der Waals surface area contributed by atoms with Crippen LogP contribution in [-0.2, 0) is 9.59 Å². The molecule has 0 saturated carbocycles. The van der Waals surface area contributed by atoms with E-state index in [1.807, 2.05) is 0 Å². The molecule has 10 heteroatoms. The van der Waals surface area contributed by atoms with Gasteiger partial charge in [-0.2, -0.15) is 0 Å². The van der Waals surface area contributed by atoms with E-state index < -0.39 is 17.8 Å². The summed E-state index contributed by atoms with van der Waals surface area (Å²) in [6.45, 7) is 0.259. The molecule has 0 spiro atoms. The van der Waals surface area contributed by atoms with Crippen molar-refractivity contribution in [1.82, 2.24) is 10.6 Å². The number of benzene rings is 1. The van der Waals surface area contributed by atoms with E-state index in [1.165, 1.54) is 12.1 Å². The van der Waals surface area contributed by atoms with Crippen LogP contribution in [0.2, 0.25) is 0 Å². The molecule has 3 rings (SSSR count). The lowest BCUT2D eigenvalue weighted by molar-refractivity contribution is -0.137. The molecule has 2 heterocycles. The summed E-state index contributed by atoms with van der Waals surface area (Å²) in [5.41, 5.74) is 0.572. The van der Waals surface area contributed by atoms with Gasteiger partial charge >= 0.3 is 5.97 Å². The van der Waals surface area contributed by atoms with Crippen LogP contribution in [-0.4, -0.2) is 36.2 Å². The SMILES string of the molecule is O=C(O)CCCNC(=O)/C(=C\c1ccc2c(c1)OCO2)NC(=O)c1ccc(Br)o1. The summed E-state index contributed by atoms with van der Waals surface area (Å²) in [7, 11) is 0. The van der Waals surface area contributed by atoms with Crippen molar-refractivity contribution in [3.8, 4) is 11.5 Å². The number of hydrogen-bond donors (Lipinski definition) is 3. The number of carboxylic acids is 1. The lowest BCUT2D eigenvalue weighted by atomic mass is 10.1. The fourth-order valence-corrected chi connectivity index (χ4v) is 2.79. The van der Waals surface area contributed by atoms with Crippen LogP contribution in [0.1, 0.15) is 29.0 Å². The Morgan fingerprint density at radius 3 is 2.66 bits per heavy atom. The summed E-state index contributed by atoms with van der Waals surface area (Å²) in [5.74, 6) is -0.984. The van der Waals surface area contributed by atoms with Crippen LogP contribution in [0.15, 0.2) is 45.1 Å². The number of amides is 2. The molecule has 3 N–H and O–H groups in total. The van der Waals surface area contributed by atoms with Gasteiger partial charge in [-0.05, 0) is 58.3 Å². The molecule has 1 aliphatic rings. The number of aliphatic carboxylic acids is 1. The van der Waals surface area contributed by atoms with E-state index in [0.29, 0.717) is 21.7 Å². The van der Waals surface area contributed by atoms with Gasteiger partial charge in [-0.3, -0.25) is 14.4 Å². The molecule has 2 amide bonds. The van der Waals surface area contributed by atoms with E-state index in [0.717, 1.165) is 0 Å². The minimum absolute atomic E-state index is 0.0205. The van der Waals surface area contributed by atoms with E-state index in [9.17, 15) is 14.4 Å². The summed E-state index contributed by atoms with van der Waals surface area (Å²) in [6.07, 6.45) is 1.66. The molecular formula is C19H17BrN2O7. The van der Waals surface area contributed by atoms with Crippen molar-refractivity contribution >= 4 is 39.8 Å². The van der Waals surface area contributed by atoms with Crippen LogP contribution in [0.3, 0.4) is 0 Å². The normalized spacial score (nSPS) is 12.5. The topological polar surface area (TPSA) is 127 Å². The minimum atomic E-state index is -0.952. The third kappa shape index (κ3) is 5.61. The van der Waals surface area contributed by atoms with Crippen LogP contribution in [0.4, 0.5) is 0 Å². The van der Waals surface area contributed by atoms with Gasteiger partial charge in [-0.1, -0.05) is 6.07 Å². The first-order valence-electron chi connectivity index (χ1n) is 8.60. The molecule has 0 atom stereocenters. The average molecular weight is 465 g/mol. The van der Waals surface area contributed by atoms with Crippen molar-refractivity contribution < 1.29 is 33.4 Å². The lowest BCUT2D eigenvalue weighted by Gasteiger charge is -2.10. The quantitative estimate of drug-likeness (QED) is 0.404. The molecule has 152 valence electrons. The van der Waals surface area contributed by atoms with Crippen molar-refractivity contribution in [3.63, 3.8) is 0 Å². The summed E-state index contributed by atoms with van der Waals surface area (Å²) in [4.78, 5) is 35.6. The number of ether oxygens (including phenoxy) is 2. The number of hydrogen-bond acceptors (Lipinski definition) is 6. The van der Waals surface area contributed by atoms with Crippen LogP contribution in [0.5, 0.6) is 11.5 Å². The van der Waals surface area contributed by atoms with Crippen LogP contribution in [0, 0.1) is 0 Å². The summed E-state index contributed by atoms with van der Waals surface area (Å²) < 4.78 is 16.2. The zero-order chi connectivity index (χ0) is 20.8. The van der Waals surface area contributed by atoms with Gasteiger partial charge in [0.25, 0.3) is 11.8 Å². The Kier molecular flexibility index (Phi) is 6.55. The van der Waals surface area contributed by atoms with Crippen molar-refractivity contribution in [2.24, 2.45) is 0 Å². The Morgan fingerprint density at radius 2 is 1.93 bits per heavy atom. The highest BCUT2D eigenvalue weighted by atomic mass is 79.9. The Bertz CT molecular complexity index is 967. The monoisotopic (exact) mass is 464 g/mol. The van der Waals surface area contributed by atoms with Gasteiger partial charge in [-0.25, -0.2) is 0 Å². The third-order valence-electron chi connectivity index (χ3n) is 3.85. The zero-order valence-electron chi connectivity index (χ0n) is 15.1. The molecule has 0 bridgehead atoms. The number of fused-ring (bicyclic) bond motifs is 1. The predicted octanol–water partition coefficient (Wildman–Crippen LogP) is 2.52. The van der Waals surface area contributed by atoms with Crippen LogP contribution in [0.25, 0.3) is 6.08 Å². The largest absolute Gasteiger partial charge is 0.481 e. The van der Waals surface area contributed by atoms with Gasteiger partial charge in [0.2, 0.25) is 6.79 Å². The second-order valence-corrected chi connectivity index (χ2v) is 6.76. The number of halogens is 1. The molecule has 1 aromatic carbocycles. The highest BCUT2D eigenvalue weighted by molar-refractivity contribution is 9.10. The van der Waals surface area contributed by atoms with Crippen LogP contribution < -0.4 is 20.1 Å². The molecule has 0 unspecified atom stereocenters. The molecule has 0 saturated heterocycles. The Balaban J connectivity index is 1.77. The Labute approximate surface area is 173 Å². The number of carboxylic acid groups (broad SMARTS) is 1. The number of carbonyl (C=O) groups is 3. The maximum absolute atomic E-state index is 12.6. The zero-order valence-corrected chi connectivity index (χ0v) is 16.7. The molecule has 9 nitrogen and oxygen atoms in total. The number of carbonyl (C=O) groups excluding carboxylic acids is 2. The molecule has 2 aromatic rings. The molecule has 29 heavy (non-hydrogen) atoms. The summed E-state index contributed by atoms with van der Waals surface area (Å²) in [5, 5.41) is 13.8. The highest BCUT2D eigenvalue weighted by Gasteiger charge is 2.18. The van der Waals surface area contributed by atoms with Gasteiger partial charge in [0.15, 0.2) is 21.9 Å². The van der Waals surface area contributed by atoms with Crippen molar-refractivity contribution in [3.05, 3.63) is 52.0 Å². The van der Waals surface area contributed by atoms with E-state index in [2.05, 4.69) is 26.6 Å². The fraction of sp³-hybridized carbons (Fsp3) is 0.211. The first kappa shape index (κ1) is 20.5. The molecule has 1 aliphatic heterocycles. The second-order valence-electron chi connectivity index (χ2n) is 5.98. The van der Waals surface area contributed by atoms with Crippen LogP contribution >= 0.6 is 15.9 Å². The molecular weight excluding hydrogens is 448 g/mol. The standard InChI is InChI=1S/C19H17BrN2O7/c20-16-6-5-14(29-16)19(26)22-12(18(25)21-7-1-2-17(23)24)8-11-3-4-13-15(9-11)28-10-27-13/h3-6,8-9H,1-2,7,10H2,(H,21,25)(H,22,26)(H,23,24)/b12-8+. The first-order valence-corrected chi connectivity index (χ1v) is 9.39. The van der Waals surface area contributed by atoms with Crippen molar-refractivity contribution in [2.45, 2.75) is 12.8 Å². The average Bonchev–Trinajstić information content (AvgIpc) is 3.32. The minimum Gasteiger partial charge on any atom is -0.481 e. The smallest absolute Gasteiger partial charge is 0.303 e. The van der Waals surface area contributed by atoms with Gasteiger partial charge in [0, 0.05) is 13.0 Å². The predicted molar refractivity (Wildman–Crippen MR) is 104 cm³/mol. The van der Waals surface area contributed by atoms with Gasteiger partial charge in [-0.15, -0.1) is 0 Å². The number of rotatable bonds is 8. The first-order chi connectivity index (χ1) is 13.9. The second kappa shape index (κ2) is 9.28. The Morgan fingerprint density at radius 1 is 1.14 bits per heavy atom. The van der Waals surface area contributed by atoms with E-state index in [-0.39, 0.29) is 37.6 Å². The van der Waals surface area contributed by atoms with E-state index in [1.54, 1.807) is 24.3 Å². The van der Waals surface area contributed by atoms with E-state index >= 15 is 0 Å². The number of nitrogens with one attached hydrogen (secondary N) is 2. The van der Waals surface area contributed by atoms with Gasteiger partial charge < -0.3 is 29.6 Å². The molecule has 0 fully saturated rings. The van der Waals surface area contributed by atoms with Crippen molar-refractivity contribution in [1.29, 1.82) is 0 Å². The summed E-state index contributed by atoms with van der Waals surface area (Å²) in [6, 6.07) is 8.10.